The minimum atomic E-state index is -0.331. The van der Waals surface area contributed by atoms with Crippen molar-refractivity contribution in [3.8, 4) is 11.1 Å². The van der Waals surface area contributed by atoms with E-state index in [0.717, 1.165) is 35.0 Å². The second kappa shape index (κ2) is 8.53. The average Bonchev–Trinajstić information content (AvgIpc) is 3.04. The maximum Gasteiger partial charge on any atom is 0.290 e. The predicted molar refractivity (Wildman–Crippen MR) is 141 cm³/mol. The first-order valence-corrected chi connectivity index (χ1v) is 12.2. The summed E-state index contributed by atoms with van der Waals surface area (Å²) < 4.78 is 0. The third-order valence-electron chi connectivity index (χ3n) is 6.59. The van der Waals surface area contributed by atoms with Crippen molar-refractivity contribution < 1.29 is 9.59 Å². The summed E-state index contributed by atoms with van der Waals surface area (Å²) in [5, 5.41) is 2.01. The molecule has 2 amide bonds. The van der Waals surface area contributed by atoms with Crippen molar-refractivity contribution in [1.29, 1.82) is 0 Å². The molecular weight excluding hydrogens is 428 g/mol. The topological polar surface area (TPSA) is 49.4 Å². The molecule has 2 aromatic rings. The quantitative estimate of drug-likeness (QED) is 0.511. The van der Waals surface area contributed by atoms with Crippen LogP contribution in [0.1, 0.15) is 56.4 Å². The van der Waals surface area contributed by atoms with E-state index in [1.54, 1.807) is 6.08 Å². The highest BCUT2D eigenvalue weighted by atomic mass is 32.2. The molecule has 1 saturated heterocycles. The second-order valence-electron chi connectivity index (χ2n) is 10.1. The van der Waals surface area contributed by atoms with E-state index in [0.29, 0.717) is 10.8 Å². The van der Waals surface area contributed by atoms with Gasteiger partial charge in [0.15, 0.2) is 0 Å². The summed E-state index contributed by atoms with van der Waals surface area (Å²) in [7, 11) is 4.10. The Bertz CT molecular complexity index is 1220. The number of rotatable bonds is 4. The highest BCUT2D eigenvalue weighted by molar-refractivity contribution is 8.18. The smallest absolute Gasteiger partial charge is 0.290 e. The first-order valence-electron chi connectivity index (χ1n) is 11.4. The number of nitrogens with zero attached hydrogens (tertiary/aromatic N) is 1. The fourth-order valence-electron chi connectivity index (χ4n) is 4.75. The molecule has 0 saturated carbocycles. The van der Waals surface area contributed by atoms with Gasteiger partial charge in [-0.25, -0.2) is 0 Å². The summed E-state index contributed by atoms with van der Waals surface area (Å²) in [6, 6.07) is 10.9. The Labute approximate surface area is 201 Å². The number of hydrogen-bond donors (Lipinski definition) is 1. The van der Waals surface area contributed by atoms with Crippen LogP contribution in [0, 0.1) is 12.8 Å². The van der Waals surface area contributed by atoms with Crippen molar-refractivity contribution >= 4 is 40.2 Å². The summed E-state index contributed by atoms with van der Waals surface area (Å²) in [6.07, 6.45) is 5.26. The zero-order valence-corrected chi connectivity index (χ0v) is 21.3. The molecule has 4 nitrogen and oxygen atoms in total. The molecule has 1 aliphatic heterocycles. The molecule has 2 aromatic carbocycles. The number of benzene rings is 2. The van der Waals surface area contributed by atoms with E-state index < -0.39 is 0 Å². The number of imide groups is 1. The molecule has 5 heteroatoms. The van der Waals surface area contributed by atoms with Gasteiger partial charge in [0.25, 0.3) is 11.1 Å². The van der Waals surface area contributed by atoms with E-state index in [-0.39, 0.29) is 16.6 Å². The van der Waals surface area contributed by atoms with Gasteiger partial charge in [-0.3, -0.25) is 14.9 Å². The van der Waals surface area contributed by atoms with Crippen LogP contribution in [-0.2, 0) is 10.2 Å². The average molecular weight is 461 g/mol. The van der Waals surface area contributed by atoms with Gasteiger partial charge in [-0.1, -0.05) is 45.9 Å². The molecule has 1 fully saturated rings. The van der Waals surface area contributed by atoms with Crippen LogP contribution in [0.15, 0.2) is 41.3 Å². The number of anilines is 1. The van der Waals surface area contributed by atoms with Crippen molar-refractivity contribution in [3.63, 3.8) is 0 Å². The minimum Gasteiger partial charge on any atom is -0.377 e. The predicted octanol–water partition coefficient (Wildman–Crippen LogP) is 6.77. The number of fused-ring (bicyclic) bond motifs is 1. The van der Waals surface area contributed by atoms with Crippen LogP contribution in [0.5, 0.6) is 0 Å². The lowest BCUT2D eigenvalue weighted by molar-refractivity contribution is -0.115. The Morgan fingerprint density at radius 2 is 1.79 bits per heavy atom. The molecule has 0 aromatic heterocycles. The zero-order valence-electron chi connectivity index (χ0n) is 20.5. The third kappa shape index (κ3) is 4.39. The van der Waals surface area contributed by atoms with E-state index >= 15 is 0 Å². The molecule has 0 unspecified atom stereocenters. The number of aryl methyl sites for hydroxylation is 1. The molecule has 1 aliphatic carbocycles. The normalized spacial score (nSPS) is 18.4. The van der Waals surface area contributed by atoms with Gasteiger partial charge in [0.05, 0.1) is 4.91 Å². The number of hydrogen-bond acceptors (Lipinski definition) is 4. The number of amides is 2. The Kier molecular flexibility index (Phi) is 6.04. The number of thioether (sulfide) groups is 1. The molecule has 2 aliphatic rings. The van der Waals surface area contributed by atoms with Gasteiger partial charge < -0.3 is 4.90 Å². The molecule has 1 N–H and O–H groups in total. The van der Waals surface area contributed by atoms with Crippen LogP contribution in [0.4, 0.5) is 10.5 Å². The number of allylic oxidation sites excluding steroid dienone is 2. The number of carbonyl (C=O) groups excluding carboxylic acids is 2. The molecular formula is C28H32N2O2S. The van der Waals surface area contributed by atoms with Crippen molar-refractivity contribution in [1.82, 2.24) is 5.32 Å². The summed E-state index contributed by atoms with van der Waals surface area (Å²) in [4.78, 5) is 26.2. The Morgan fingerprint density at radius 1 is 1.06 bits per heavy atom. The van der Waals surface area contributed by atoms with Crippen LogP contribution in [0.3, 0.4) is 0 Å². The van der Waals surface area contributed by atoms with Gasteiger partial charge in [-0.2, -0.15) is 0 Å². The first kappa shape index (κ1) is 23.4. The fourth-order valence-corrected chi connectivity index (χ4v) is 5.43. The van der Waals surface area contributed by atoms with Gasteiger partial charge in [0, 0.05) is 25.3 Å². The summed E-state index contributed by atoms with van der Waals surface area (Å²) in [5.41, 5.74) is 9.84. The van der Waals surface area contributed by atoms with Gasteiger partial charge >= 0.3 is 0 Å². The van der Waals surface area contributed by atoms with E-state index in [9.17, 15) is 9.59 Å². The zero-order chi connectivity index (χ0) is 24.1. The number of carbonyl (C=O) groups is 2. The molecule has 4 rings (SSSR count). The van der Waals surface area contributed by atoms with Crippen LogP contribution in [0.2, 0.25) is 0 Å². The molecule has 0 radical (unpaired) electrons. The molecule has 33 heavy (non-hydrogen) atoms. The lowest BCUT2D eigenvalue weighted by atomic mass is 9.70. The summed E-state index contributed by atoms with van der Waals surface area (Å²) in [5.74, 6) is 0.123. The van der Waals surface area contributed by atoms with E-state index in [4.69, 9.17) is 0 Å². The molecule has 0 spiro atoms. The molecule has 0 atom stereocenters. The second-order valence-corrected chi connectivity index (χ2v) is 11.2. The largest absolute Gasteiger partial charge is 0.377 e. The monoisotopic (exact) mass is 460 g/mol. The Hall–Kier alpha value is -2.79. The summed E-state index contributed by atoms with van der Waals surface area (Å²) >= 11 is 0.949. The van der Waals surface area contributed by atoms with Crippen molar-refractivity contribution in [2.45, 2.75) is 46.5 Å². The lowest BCUT2D eigenvalue weighted by Gasteiger charge is -2.34. The minimum absolute atomic E-state index is 0.104. The lowest BCUT2D eigenvalue weighted by Crippen LogP contribution is -2.23. The van der Waals surface area contributed by atoms with Crippen LogP contribution in [-0.4, -0.2) is 25.2 Å². The van der Waals surface area contributed by atoms with Crippen LogP contribution in [0.25, 0.3) is 22.8 Å². The van der Waals surface area contributed by atoms with E-state index in [2.05, 4.69) is 75.2 Å². The van der Waals surface area contributed by atoms with Crippen LogP contribution >= 0.6 is 11.8 Å². The van der Waals surface area contributed by atoms with Crippen molar-refractivity contribution in [2.75, 3.05) is 19.0 Å². The fraction of sp³-hybridized carbons (Fsp3) is 0.357. The van der Waals surface area contributed by atoms with Gasteiger partial charge in [0.2, 0.25) is 0 Å². The third-order valence-corrected chi connectivity index (χ3v) is 7.40. The van der Waals surface area contributed by atoms with Gasteiger partial charge in [0.1, 0.15) is 0 Å². The maximum absolute atomic E-state index is 12.1. The molecule has 0 bridgehead atoms. The molecule has 1 heterocycles. The Balaban J connectivity index is 1.91. The maximum atomic E-state index is 12.1. The standard InChI is InChI=1S/C28H32N2O2S/c1-16(2)19-10-11-28(4,5)23-12-17(3)20(15-21(19)23)22-13-18(8-9-24(22)30(6)7)14-25-26(31)29-27(32)33-25/h8-10,12-16H,11H2,1-7H3,(H,29,31,32)/b25-14+. The van der Waals surface area contributed by atoms with Crippen molar-refractivity contribution in [3.05, 3.63) is 63.6 Å². The summed E-state index contributed by atoms with van der Waals surface area (Å²) in [6.45, 7) is 11.3. The van der Waals surface area contributed by atoms with Crippen LogP contribution < -0.4 is 10.2 Å². The van der Waals surface area contributed by atoms with Gasteiger partial charge in [-0.15, -0.1) is 0 Å². The van der Waals surface area contributed by atoms with Crippen molar-refractivity contribution in [2.24, 2.45) is 5.92 Å². The van der Waals surface area contributed by atoms with E-state index in [1.165, 1.54) is 27.8 Å². The van der Waals surface area contributed by atoms with Gasteiger partial charge in [-0.05, 0) is 94.1 Å². The SMILES string of the molecule is Cc1cc2c(cc1-c1cc(/C=C3/SC(=O)NC3=O)ccc1N(C)C)C(C(C)C)=CCC2(C)C. The highest BCUT2D eigenvalue weighted by Gasteiger charge is 2.30. The molecule has 172 valence electrons. The highest BCUT2D eigenvalue weighted by Crippen LogP contribution is 2.45. The Morgan fingerprint density at radius 3 is 2.39 bits per heavy atom. The number of nitrogens with one attached hydrogen (secondary N) is 1. The first-order chi connectivity index (χ1) is 15.5. The van der Waals surface area contributed by atoms with E-state index in [1.807, 2.05) is 20.2 Å².